The highest BCUT2D eigenvalue weighted by molar-refractivity contribution is 6.27. The topological polar surface area (TPSA) is 38.1 Å². The molecule has 5 heteroatoms. The number of hydrogen-bond acceptors (Lipinski definition) is 2. The summed E-state index contributed by atoms with van der Waals surface area (Å²) in [6.45, 7) is 0.625. The minimum Gasteiger partial charge on any atom is -0.332 e. The second kappa shape index (κ2) is 5.60. The van der Waals surface area contributed by atoms with Crippen molar-refractivity contribution in [3.63, 3.8) is 0 Å². The maximum absolute atomic E-state index is 12.2. The van der Waals surface area contributed by atoms with Crippen LogP contribution in [0.2, 0.25) is 0 Å². The van der Waals surface area contributed by atoms with Crippen molar-refractivity contribution in [1.82, 2.24) is 14.7 Å². The van der Waals surface area contributed by atoms with Crippen LogP contribution in [-0.4, -0.2) is 32.5 Å². The number of amides is 1. The van der Waals surface area contributed by atoms with E-state index in [4.69, 9.17) is 11.6 Å². The lowest BCUT2D eigenvalue weighted by atomic mass is 10.1. The summed E-state index contributed by atoms with van der Waals surface area (Å²) in [5, 5.41) is 4.37. The third kappa shape index (κ3) is 2.62. The number of aryl methyl sites for hydroxylation is 1. The van der Waals surface area contributed by atoms with Gasteiger partial charge >= 0.3 is 0 Å². The summed E-state index contributed by atoms with van der Waals surface area (Å²) >= 11 is 5.79. The van der Waals surface area contributed by atoms with E-state index in [1.54, 1.807) is 0 Å². The largest absolute Gasteiger partial charge is 0.332 e. The van der Waals surface area contributed by atoms with E-state index in [0.717, 1.165) is 18.5 Å². The molecular weight excluding hydrogens is 274 g/mol. The minimum atomic E-state index is 0.0170. The van der Waals surface area contributed by atoms with Crippen LogP contribution in [0.4, 0.5) is 0 Å². The molecule has 0 aromatic carbocycles. The summed E-state index contributed by atoms with van der Waals surface area (Å²) in [7, 11) is 1.96. The monoisotopic (exact) mass is 293 g/mol. The number of aromatic nitrogens is 2. The van der Waals surface area contributed by atoms with E-state index >= 15 is 0 Å². The second-order valence-corrected chi connectivity index (χ2v) is 5.96. The molecule has 1 amide bonds. The minimum absolute atomic E-state index is 0.0170. The van der Waals surface area contributed by atoms with E-state index in [-0.39, 0.29) is 17.8 Å². The molecule has 0 spiro atoms. The van der Waals surface area contributed by atoms with E-state index in [2.05, 4.69) is 17.3 Å². The summed E-state index contributed by atoms with van der Waals surface area (Å²) in [5.74, 6) is 0.712. The summed E-state index contributed by atoms with van der Waals surface area (Å²) in [4.78, 5) is 14.1. The first kappa shape index (κ1) is 13.7. The Bertz CT molecular complexity index is 525. The van der Waals surface area contributed by atoms with Gasteiger partial charge in [-0.15, -0.1) is 11.6 Å². The first-order valence-electron chi connectivity index (χ1n) is 7.22. The number of nitrogens with zero attached hydrogens (tertiary/aromatic N) is 3. The lowest BCUT2D eigenvalue weighted by molar-refractivity contribution is -0.131. The van der Waals surface area contributed by atoms with Crippen molar-refractivity contribution >= 4 is 17.5 Å². The van der Waals surface area contributed by atoms with Gasteiger partial charge in [-0.3, -0.25) is 9.48 Å². The Balaban J connectivity index is 1.82. The molecule has 3 rings (SSSR count). The van der Waals surface area contributed by atoms with Crippen molar-refractivity contribution in [2.24, 2.45) is 7.05 Å². The van der Waals surface area contributed by atoms with Gasteiger partial charge < -0.3 is 4.90 Å². The number of hydrogen-bond donors (Lipinski definition) is 0. The predicted molar refractivity (Wildman–Crippen MR) is 78.6 cm³/mol. The zero-order valence-electron chi connectivity index (χ0n) is 11.8. The van der Waals surface area contributed by atoms with Crippen molar-refractivity contribution in [1.29, 1.82) is 0 Å². The molecule has 2 aliphatic rings. The Morgan fingerprint density at radius 3 is 2.75 bits per heavy atom. The Morgan fingerprint density at radius 1 is 1.45 bits per heavy atom. The van der Waals surface area contributed by atoms with Gasteiger partial charge in [0.15, 0.2) is 0 Å². The Morgan fingerprint density at radius 2 is 2.15 bits per heavy atom. The van der Waals surface area contributed by atoms with Crippen LogP contribution in [0.3, 0.4) is 0 Å². The van der Waals surface area contributed by atoms with Crippen molar-refractivity contribution in [3.8, 4) is 0 Å². The summed E-state index contributed by atoms with van der Waals surface area (Å²) in [6, 6.07) is 0.253. The third-order valence-corrected chi connectivity index (χ3v) is 4.52. The molecule has 0 aliphatic heterocycles. The van der Waals surface area contributed by atoms with Gasteiger partial charge in [-0.1, -0.05) is 12.2 Å². The van der Waals surface area contributed by atoms with Gasteiger partial charge in [0.05, 0.1) is 18.4 Å². The van der Waals surface area contributed by atoms with Crippen molar-refractivity contribution in [3.05, 3.63) is 29.6 Å². The van der Waals surface area contributed by atoms with Gasteiger partial charge in [0, 0.05) is 13.1 Å². The van der Waals surface area contributed by atoms with Gasteiger partial charge in [-0.2, -0.15) is 5.10 Å². The van der Waals surface area contributed by atoms with Crippen molar-refractivity contribution < 1.29 is 4.79 Å². The maximum atomic E-state index is 12.2. The van der Waals surface area contributed by atoms with Crippen LogP contribution in [0.1, 0.15) is 42.9 Å². The van der Waals surface area contributed by atoms with Gasteiger partial charge in [0.1, 0.15) is 5.88 Å². The van der Waals surface area contributed by atoms with E-state index in [1.807, 2.05) is 22.8 Å². The highest BCUT2D eigenvalue weighted by atomic mass is 35.5. The summed E-state index contributed by atoms with van der Waals surface area (Å²) in [6.07, 6.45) is 10.6. The van der Waals surface area contributed by atoms with E-state index < -0.39 is 0 Å². The summed E-state index contributed by atoms with van der Waals surface area (Å²) < 4.78 is 1.91. The standard InChI is InChI=1S/C15H20ClN3O/c1-18-14(13(9-17-18)11-6-7-11)10-19(15(20)8-16)12-4-2-3-5-12/h2-3,9,11-12H,4-8,10H2,1H3. The van der Waals surface area contributed by atoms with Gasteiger partial charge in [-0.05, 0) is 37.2 Å². The maximum Gasteiger partial charge on any atom is 0.238 e. The fourth-order valence-corrected chi connectivity index (χ4v) is 3.08. The molecule has 0 unspecified atom stereocenters. The SMILES string of the molecule is Cn1ncc(C2CC2)c1CN(C(=O)CCl)C1CC=CC1. The van der Waals surface area contributed by atoms with E-state index in [9.17, 15) is 4.79 Å². The number of carbonyl (C=O) groups is 1. The molecule has 4 nitrogen and oxygen atoms in total. The van der Waals surface area contributed by atoms with Crippen molar-refractivity contribution in [2.45, 2.75) is 44.2 Å². The summed E-state index contributed by atoms with van der Waals surface area (Å²) in [5.41, 5.74) is 2.48. The number of alkyl halides is 1. The first-order chi connectivity index (χ1) is 9.70. The van der Waals surface area contributed by atoms with Crippen LogP contribution in [0.15, 0.2) is 18.3 Å². The van der Waals surface area contributed by atoms with Crippen LogP contribution in [0, 0.1) is 0 Å². The molecule has 20 heavy (non-hydrogen) atoms. The normalized spacial score (nSPS) is 18.7. The molecule has 1 saturated carbocycles. The zero-order valence-corrected chi connectivity index (χ0v) is 12.5. The molecule has 0 atom stereocenters. The van der Waals surface area contributed by atoms with E-state index in [0.29, 0.717) is 12.5 Å². The lowest BCUT2D eigenvalue weighted by Gasteiger charge is -2.29. The molecule has 0 N–H and O–H groups in total. The molecule has 1 heterocycles. The van der Waals surface area contributed by atoms with Crippen LogP contribution >= 0.6 is 11.6 Å². The lowest BCUT2D eigenvalue weighted by Crippen LogP contribution is -2.40. The smallest absolute Gasteiger partial charge is 0.238 e. The fourth-order valence-electron chi connectivity index (χ4n) is 2.93. The quantitative estimate of drug-likeness (QED) is 0.618. The average Bonchev–Trinajstić information content (AvgIpc) is 3.02. The molecule has 2 aliphatic carbocycles. The van der Waals surface area contributed by atoms with Crippen LogP contribution < -0.4 is 0 Å². The molecule has 0 bridgehead atoms. The zero-order chi connectivity index (χ0) is 14.1. The van der Waals surface area contributed by atoms with E-state index in [1.165, 1.54) is 18.4 Å². The highest BCUT2D eigenvalue weighted by Gasteiger charge is 2.31. The van der Waals surface area contributed by atoms with Gasteiger partial charge in [0.2, 0.25) is 5.91 Å². The van der Waals surface area contributed by atoms with Crippen LogP contribution in [0.25, 0.3) is 0 Å². The molecule has 1 aromatic heterocycles. The molecule has 108 valence electrons. The Kier molecular flexibility index (Phi) is 3.83. The number of carbonyl (C=O) groups excluding carboxylic acids is 1. The molecule has 1 aromatic rings. The molecular formula is C15H20ClN3O. The third-order valence-electron chi connectivity index (χ3n) is 4.29. The van der Waals surface area contributed by atoms with Crippen LogP contribution in [-0.2, 0) is 18.4 Å². The predicted octanol–water partition coefficient (Wildman–Crippen LogP) is 2.58. The highest BCUT2D eigenvalue weighted by Crippen LogP contribution is 2.42. The van der Waals surface area contributed by atoms with Gasteiger partial charge in [0.25, 0.3) is 0 Å². The number of rotatable bonds is 5. The second-order valence-electron chi connectivity index (χ2n) is 5.70. The first-order valence-corrected chi connectivity index (χ1v) is 7.75. The van der Waals surface area contributed by atoms with Gasteiger partial charge in [-0.25, -0.2) is 0 Å². The average molecular weight is 294 g/mol. The molecule has 0 saturated heterocycles. The Hall–Kier alpha value is -1.29. The molecule has 0 radical (unpaired) electrons. The van der Waals surface area contributed by atoms with Crippen molar-refractivity contribution in [2.75, 3.05) is 5.88 Å². The number of halogens is 1. The Labute approximate surface area is 124 Å². The fraction of sp³-hybridized carbons (Fsp3) is 0.600. The molecule has 1 fully saturated rings. The van der Waals surface area contributed by atoms with Crippen LogP contribution in [0.5, 0.6) is 0 Å².